The van der Waals surface area contributed by atoms with Gasteiger partial charge >= 0.3 is 6.03 Å². The second-order valence-electron chi connectivity index (χ2n) is 5.54. The van der Waals surface area contributed by atoms with E-state index in [4.69, 9.17) is 4.74 Å². The molecule has 0 aliphatic carbocycles. The molecule has 0 fully saturated rings. The van der Waals surface area contributed by atoms with Gasteiger partial charge in [0.25, 0.3) is 0 Å². The summed E-state index contributed by atoms with van der Waals surface area (Å²) in [5.74, 6) is 0.302. The van der Waals surface area contributed by atoms with Crippen LogP contribution in [0, 0.1) is 5.82 Å². The van der Waals surface area contributed by atoms with E-state index in [1.165, 1.54) is 17.7 Å². The summed E-state index contributed by atoms with van der Waals surface area (Å²) in [4.78, 5) is 16.0. The maximum absolute atomic E-state index is 12.8. The van der Waals surface area contributed by atoms with E-state index in [2.05, 4.69) is 6.07 Å². The number of amides is 2. The highest BCUT2D eigenvalue weighted by molar-refractivity contribution is 5.94. The molecule has 0 saturated carbocycles. The SMILES string of the molecule is CN(CCOc1ccc(F)cc1)C(=O)N1CCc2ccccc21. The zero-order valence-corrected chi connectivity index (χ0v) is 13.0. The predicted octanol–water partition coefficient (Wildman–Crippen LogP) is 3.32. The van der Waals surface area contributed by atoms with Crippen LogP contribution in [0.4, 0.5) is 14.9 Å². The minimum atomic E-state index is -0.294. The van der Waals surface area contributed by atoms with E-state index >= 15 is 0 Å². The number of hydrogen-bond acceptors (Lipinski definition) is 2. The molecule has 1 aliphatic rings. The lowest BCUT2D eigenvalue weighted by molar-refractivity contribution is 0.202. The Balaban J connectivity index is 1.53. The first kappa shape index (κ1) is 15.3. The Morgan fingerprint density at radius 2 is 1.96 bits per heavy atom. The molecule has 5 heteroatoms. The van der Waals surface area contributed by atoms with Gasteiger partial charge in [-0.15, -0.1) is 0 Å². The molecule has 4 nitrogen and oxygen atoms in total. The van der Waals surface area contributed by atoms with Crippen LogP contribution in [0.3, 0.4) is 0 Å². The third-order valence-electron chi connectivity index (χ3n) is 3.95. The monoisotopic (exact) mass is 314 g/mol. The van der Waals surface area contributed by atoms with Crippen molar-refractivity contribution in [3.63, 3.8) is 0 Å². The number of para-hydroxylation sites is 1. The fourth-order valence-electron chi connectivity index (χ4n) is 2.67. The molecule has 0 saturated heterocycles. The molecule has 23 heavy (non-hydrogen) atoms. The van der Waals surface area contributed by atoms with Gasteiger partial charge in [-0.2, -0.15) is 0 Å². The number of likely N-dealkylation sites (N-methyl/N-ethyl adjacent to an activating group) is 1. The van der Waals surface area contributed by atoms with Crippen LogP contribution in [0.1, 0.15) is 5.56 Å². The Kier molecular flexibility index (Phi) is 4.46. The van der Waals surface area contributed by atoms with E-state index in [1.807, 2.05) is 18.2 Å². The topological polar surface area (TPSA) is 32.8 Å². The lowest BCUT2D eigenvalue weighted by atomic mass is 10.2. The zero-order valence-electron chi connectivity index (χ0n) is 13.0. The highest BCUT2D eigenvalue weighted by Gasteiger charge is 2.26. The fraction of sp³-hybridized carbons (Fsp3) is 0.278. The lowest BCUT2D eigenvalue weighted by Crippen LogP contribution is -2.42. The average Bonchev–Trinajstić information content (AvgIpc) is 3.00. The number of hydrogen-bond donors (Lipinski definition) is 0. The van der Waals surface area contributed by atoms with Crippen molar-refractivity contribution in [1.29, 1.82) is 0 Å². The third-order valence-corrected chi connectivity index (χ3v) is 3.95. The minimum absolute atomic E-state index is 0.0299. The van der Waals surface area contributed by atoms with Crippen LogP contribution < -0.4 is 9.64 Å². The van der Waals surface area contributed by atoms with Gasteiger partial charge < -0.3 is 9.64 Å². The maximum Gasteiger partial charge on any atom is 0.324 e. The highest BCUT2D eigenvalue weighted by Crippen LogP contribution is 2.28. The molecular weight excluding hydrogens is 295 g/mol. The van der Waals surface area contributed by atoms with Crippen LogP contribution in [0.15, 0.2) is 48.5 Å². The molecule has 1 aliphatic heterocycles. The van der Waals surface area contributed by atoms with E-state index in [0.717, 1.165) is 12.1 Å². The molecule has 3 rings (SSSR count). The van der Waals surface area contributed by atoms with E-state index in [-0.39, 0.29) is 11.8 Å². The Morgan fingerprint density at radius 3 is 2.74 bits per heavy atom. The summed E-state index contributed by atoms with van der Waals surface area (Å²) in [5, 5.41) is 0. The van der Waals surface area contributed by atoms with E-state index in [9.17, 15) is 9.18 Å². The number of ether oxygens (including phenoxy) is 1. The van der Waals surface area contributed by atoms with Crippen molar-refractivity contribution in [2.45, 2.75) is 6.42 Å². The number of carbonyl (C=O) groups excluding carboxylic acids is 1. The van der Waals surface area contributed by atoms with Gasteiger partial charge in [0.15, 0.2) is 0 Å². The first-order chi connectivity index (χ1) is 11.1. The zero-order chi connectivity index (χ0) is 16.2. The molecule has 120 valence electrons. The van der Waals surface area contributed by atoms with Crippen molar-refractivity contribution in [3.05, 3.63) is 59.9 Å². The van der Waals surface area contributed by atoms with Crippen molar-refractivity contribution in [1.82, 2.24) is 4.90 Å². The van der Waals surface area contributed by atoms with Gasteiger partial charge in [-0.1, -0.05) is 18.2 Å². The number of benzene rings is 2. The van der Waals surface area contributed by atoms with Gasteiger partial charge in [0.2, 0.25) is 0 Å². The van der Waals surface area contributed by atoms with Gasteiger partial charge in [-0.25, -0.2) is 9.18 Å². The average molecular weight is 314 g/mol. The smallest absolute Gasteiger partial charge is 0.324 e. The molecule has 0 bridgehead atoms. The van der Waals surface area contributed by atoms with E-state index in [0.29, 0.717) is 25.4 Å². The molecule has 1 heterocycles. The van der Waals surface area contributed by atoms with Crippen LogP contribution in [-0.4, -0.2) is 37.7 Å². The molecule has 2 aromatic carbocycles. The first-order valence-electron chi connectivity index (χ1n) is 7.64. The van der Waals surface area contributed by atoms with Gasteiger partial charge in [-0.05, 0) is 42.3 Å². The predicted molar refractivity (Wildman–Crippen MR) is 87.4 cm³/mol. The number of anilines is 1. The van der Waals surface area contributed by atoms with Crippen molar-refractivity contribution in [2.75, 3.05) is 31.6 Å². The highest BCUT2D eigenvalue weighted by atomic mass is 19.1. The second kappa shape index (κ2) is 6.69. The lowest BCUT2D eigenvalue weighted by Gasteiger charge is -2.25. The Bertz CT molecular complexity index is 688. The number of rotatable bonds is 4. The molecule has 0 aromatic heterocycles. The van der Waals surface area contributed by atoms with Crippen molar-refractivity contribution < 1.29 is 13.9 Å². The second-order valence-corrected chi connectivity index (χ2v) is 5.54. The summed E-state index contributed by atoms with van der Waals surface area (Å²) in [5.41, 5.74) is 2.20. The van der Waals surface area contributed by atoms with Crippen molar-refractivity contribution >= 4 is 11.7 Å². The Labute approximate surface area is 135 Å². The van der Waals surface area contributed by atoms with Crippen LogP contribution in [0.5, 0.6) is 5.75 Å². The summed E-state index contributed by atoms with van der Waals surface area (Å²) < 4.78 is 18.4. The summed E-state index contributed by atoms with van der Waals surface area (Å²) in [6, 6.07) is 13.8. The normalized spacial score (nSPS) is 12.9. The van der Waals surface area contributed by atoms with Gasteiger partial charge in [-0.3, -0.25) is 4.90 Å². The molecule has 0 unspecified atom stereocenters. The number of urea groups is 1. The Morgan fingerprint density at radius 1 is 1.22 bits per heavy atom. The Hall–Kier alpha value is -2.56. The molecule has 0 atom stereocenters. The molecule has 2 amide bonds. The largest absolute Gasteiger partial charge is 0.492 e. The van der Waals surface area contributed by atoms with Crippen LogP contribution in [-0.2, 0) is 6.42 Å². The first-order valence-corrected chi connectivity index (χ1v) is 7.64. The van der Waals surface area contributed by atoms with E-state index in [1.54, 1.807) is 29.0 Å². The molecule has 0 N–H and O–H groups in total. The summed E-state index contributed by atoms with van der Waals surface area (Å²) >= 11 is 0. The maximum atomic E-state index is 12.8. The van der Waals surface area contributed by atoms with Crippen LogP contribution in [0.25, 0.3) is 0 Å². The van der Waals surface area contributed by atoms with Crippen LogP contribution >= 0.6 is 0 Å². The van der Waals surface area contributed by atoms with E-state index < -0.39 is 0 Å². The van der Waals surface area contributed by atoms with Crippen molar-refractivity contribution in [2.24, 2.45) is 0 Å². The summed E-state index contributed by atoms with van der Waals surface area (Å²) in [6.07, 6.45) is 0.891. The standard InChI is InChI=1S/C18H19FN2O2/c1-20(12-13-23-16-8-6-15(19)7-9-16)18(22)21-11-10-14-4-2-3-5-17(14)21/h2-9H,10-13H2,1H3. The summed E-state index contributed by atoms with van der Waals surface area (Å²) in [7, 11) is 1.76. The number of fused-ring (bicyclic) bond motifs is 1. The molecule has 2 aromatic rings. The molecule has 0 spiro atoms. The quantitative estimate of drug-likeness (QED) is 0.867. The number of nitrogens with zero attached hydrogens (tertiary/aromatic N) is 2. The third kappa shape index (κ3) is 3.44. The summed E-state index contributed by atoms with van der Waals surface area (Å²) in [6.45, 7) is 1.54. The molecular formula is C18H19FN2O2. The van der Waals surface area contributed by atoms with Gasteiger partial charge in [0.05, 0.1) is 6.54 Å². The number of carbonyl (C=O) groups is 1. The van der Waals surface area contributed by atoms with Crippen molar-refractivity contribution in [3.8, 4) is 5.75 Å². The molecule has 0 radical (unpaired) electrons. The minimum Gasteiger partial charge on any atom is -0.492 e. The fourth-order valence-corrected chi connectivity index (χ4v) is 2.67. The number of halogens is 1. The van der Waals surface area contributed by atoms with Gasteiger partial charge in [0, 0.05) is 19.3 Å². The van der Waals surface area contributed by atoms with Gasteiger partial charge in [0.1, 0.15) is 18.2 Å². The van der Waals surface area contributed by atoms with Crippen LogP contribution in [0.2, 0.25) is 0 Å².